The molecule has 1 fully saturated rings. The van der Waals surface area contributed by atoms with E-state index in [2.05, 4.69) is 4.98 Å². The van der Waals surface area contributed by atoms with Crippen LogP contribution in [0.25, 0.3) is 5.76 Å². The van der Waals surface area contributed by atoms with E-state index in [1.54, 1.807) is 4.90 Å². The van der Waals surface area contributed by atoms with Gasteiger partial charge in [-0.05, 0) is 52.9 Å². The number of nitrogens with zero attached hydrogens (tertiary/aromatic N) is 2. The van der Waals surface area contributed by atoms with Crippen molar-refractivity contribution in [3.8, 4) is 0 Å². The molecule has 6 heteroatoms. The van der Waals surface area contributed by atoms with E-state index >= 15 is 0 Å². The van der Waals surface area contributed by atoms with Gasteiger partial charge in [-0.1, -0.05) is 29.8 Å². The van der Waals surface area contributed by atoms with Gasteiger partial charge in [-0.2, -0.15) is 0 Å². The Morgan fingerprint density at radius 1 is 1.07 bits per heavy atom. The number of H-pyrrole nitrogens is 1. The Morgan fingerprint density at radius 3 is 2.21 bits per heavy atom. The molecule has 6 nitrogen and oxygen atoms in total. The van der Waals surface area contributed by atoms with Crippen LogP contribution in [0.1, 0.15) is 39.7 Å². The number of amides is 1. The summed E-state index contributed by atoms with van der Waals surface area (Å²) in [6.45, 7) is 8.69. The number of rotatable bonds is 5. The number of ketones is 1. The molecule has 0 spiro atoms. The van der Waals surface area contributed by atoms with Gasteiger partial charge in [0.1, 0.15) is 5.76 Å². The monoisotopic (exact) mass is 395 g/mol. The molecule has 1 unspecified atom stereocenters. The first-order valence-electron chi connectivity index (χ1n) is 9.79. The number of hydrogen-bond donors (Lipinski definition) is 2. The smallest absolute Gasteiger partial charge is 0.295 e. The lowest BCUT2D eigenvalue weighted by Gasteiger charge is -2.26. The third kappa shape index (κ3) is 3.72. The Hall–Kier alpha value is -2.86. The third-order valence-corrected chi connectivity index (χ3v) is 5.65. The summed E-state index contributed by atoms with van der Waals surface area (Å²) in [5.41, 5.74) is 5.25. The molecule has 2 N–H and O–H groups in total. The standard InChI is InChI=1S/C23H29N3O3/c1-13-7-9-17(10-8-13)20-19(21(27)18-14(2)15(3)24-16(18)4)22(28)23(29)26(20)12-11-25(5)6/h7-10,20,24,27H,11-12H2,1-6H3/b21-19+. The van der Waals surface area contributed by atoms with Crippen LogP contribution in [0, 0.1) is 27.7 Å². The second-order valence-corrected chi connectivity index (χ2v) is 8.08. The zero-order valence-electron chi connectivity index (χ0n) is 18.0. The molecular formula is C23H29N3O3. The molecule has 0 bridgehead atoms. The van der Waals surface area contributed by atoms with E-state index < -0.39 is 17.7 Å². The Bertz CT molecular complexity index is 984. The molecule has 0 radical (unpaired) electrons. The fraction of sp³-hybridized carbons (Fsp3) is 0.391. The third-order valence-electron chi connectivity index (χ3n) is 5.65. The molecule has 1 aromatic heterocycles. The molecule has 0 saturated carbocycles. The van der Waals surface area contributed by atoms with Crippen molar-refractivity contribution in [2.45, 2.75) is 33.7 Å². The van der Waals surface area contributed by atoms with Crippen molar-refractivity contribution in [3.05, 3.63) is 63.5 Å². The lowest BCUT2D eigenvalue weighted by atomic mass is 9.93. The molecule has 1 aliphatic rings. The normalized spacial score (nSPS) is 18.9. The second-order valence-electron chi connectivity index (χ2n) is 8.08. The van der Waals surface area contributed by atoms with Gasteiger partial charge in [0.05, 0.1) is 11.6 Å². The number of aliphatic hydroxyl groups is 1. The van der Waals surface area contributed by atoms with Gasteiger partial charge in [-0.25, -0.2) is 0 Å². The number of benzene rings is 1. The van der Waals surface area contributed by atoms with E-state index in [1.165, 1.54) is 0 Å². The molecular weight excluding hydrogens is 366 g/mol. The fourth-order valence-corrected chi connectivity index (χ4v) is 3.91. The summed E-state index contributed by atoms with van der Waals surface area (Å²) in [6.07, 6.45) is 0. The largest absolute Gasteiger partial charge is 0.507 e. The lowest BCUT2D eigenvalue weighted by Crippen LogP contribution is -2.35. The molecule has 2 aromatic rings. The zero-order valence-corrected chi connectivity index (χ0v) is 18.0. The number of carbonyl (C=O) groups excluding carboxylic acids is 2. The molecule has 1 amide bonds. The van der Waals surface area contributed by atoms with Gasteiger partial charge in [0.25, 0.3) is 11.7 Å². The summed E-state index contributed by atoms with van der Waals surface area (Å²) >= 11 is 0. The van der Waals surface area contributed by atoms with Gasteiger partial charge in [0.15, 0.2) is 0 Å². The molecule has 3 rings (SSSR count). The summed E-state index contributed by atoms with van der Waals surface area (Å²) in [6, 6.07) is 7.15. The molecule has 29 heavy (non-hydrogen) atoms. The zero-order chi connectivity index (χ0) is 21.5. The van der Waals surface area contributed by atoms with Crippen LogP contribution in [-0.2, 0) is 9.59 Å². The number of aromatic nitrogens is 1. The average Bonchev–Trinajstić information content (AvgIpc) is 3.06. The van der Waals surface area contributed by atoms with Gasteiger partial charge in [-0.3, -0.25) is 9.59 Å². The van der Waals surface area contributed by atoms with Gasteiger partial charge in [0.2, 0.25) is 0 Å². The predicted molar refractivity (Wildman–Crippen MR) is 114 cm³/mol. The number of aliphatic hydroxyl groups excluding tert-OH is 1. The maximum absolute atomic E-state index is 13.0. The number of Topliss-reactive ketones (excluding diaryl/α,β-unsaturated/α-hetero) is 1. The van der Waals surface area contributed by atoms with Crippen molar-refractivity contribution in [3.63, 3.8) is 0 Å². The highest BCUT2D eigenvalue weighted by atomic mass is 16.3. The number of likely N-dealkylation sites (tertiary alicyclic amines) is 1. The van der Waals surface area contributed by atoms with Crippen LogP contribution >= 0.6 is 0 Å². The van der Waals surface area contributed by atoms with Gasteiger partial charge >= 0.3 is 0 Å². The number of carbonyl (C=O) groups is 2. The van der Waals surface area contributed by atoms with Crippen LogP contribution < -0.4 is 0 Å². The minimum absolute atomic E-state index is 0.111. The van der Waals surface area contributed by atoms with Gasteiger partial charge in [0, 0.05) is 30.0 Å². The SMILES string of the molecule is Cc1ccc(C2/C(=C(\O)c3c(C)[nH]c(C)c3C)C(=O)C(=O)N2CCN(C)C)cc1. The first kappa shape index (κ1) is 20.9. The minimum atomic E-state index is -0.635. The van der Waals surface area contributed by atoms with Crippen molar-refractivity contribution in [1.29, 1.82) is 0 Å². The summed E-state index contributed by atoms with van der Waals surface area (Å²) in [7, 11) is 3.85. The van der Waals surface area contributed by atoms with E-state index in [0.29, 0.717) is 18.7 Å². The Labute approximate surface area is 171 Å². The fourth-order valence-electron chi connectivity index (χ4n) is 3.91. The van der Waals surface area contributed by atoms with Gasteiger partial charge < -0.3 is 19.9 Å². The second kappa shape index (κ2) is 7.87. The van der Waals surface area contributed by atoms with Crippen molar-refractivity contribution in [2.24, 2.45) is 0 Å². The number of aryl methyl sites for hydroxylation is 3. The van der Waals surface area contributed by atoms with Crippen molar-refractivity contribution >= 4 is 17.4 Å². The first-order valence-corrected chi connectivity index (χ1v) is 9.79. The van der Waals surface area contributed by atoms with Gasteiger partial charge in [-0.15, -0.1) is 0 Å². The highest BCUT2D eigenvalue weighted by Crippen LogP contribution is 2.40. The minimum Gasteiger partial charge on any atom is -0.507 e. The quantitative estimate of drug-likeness (QED) is 0.463. The number of hydrogen-bond acceptors (Lipinski definition) is 4. The molecule has 1 saturated heterocycles. The van der Waals surface area contributed by atoms with Crippen LogP contribution in [0.15, 0.2) is 29.8 Å². The highest BCUT2D eigenvalue weighted by Gasteiger charge is 2.46. The van der Waals surface area contributed by atoms with Crippen LogP contribution in [0.5, 0.6) is 0 Å². The summed E-state index contributed by atoms with van der Waals surface area (Å²) in [5.74, 6) is -1.31. The number of nitrogens with one attached hydrogen (secondary N) is 1. The van der Waals surface area contributed by atoms with E-state index in [1.807, 2.05) is 71.0 Å². The Kier molecular flexibility index (Phi) is 5.66. The van der Waals surface area contributed by atoms with Crippen molar-refractivity contribution in [1.82, 2.24) is 14.8 Å². The first-order chi connectivity index (χ1) is 13.6. The number of aromatic amines is 1. The van der Waals surface area contributed by atoms with E-state index in [-0.39, 0.29) is 11.3 Å². The van der Waals surface area contributed by atoms with Crippen LogP contribution in [0.3, 0.4) is 0 Å². The topological polar surface area (TPSA) is 76.6 Å². The predicted octanol–water partition coefficient (Wildman–Crippen LogP) is 3.23. The Balaban J connectivity index is 2.20. The average molecular weight is 396 g/mol. The lowest BCUT2D eigenvalue weighted by molar-refractivity contribution is -0.140. The van der Waals surface area contributed by atoms with Crippen LogP contribution in [0.2, 0.25) is 0 Å². The molecule has 1 atom stereocenters. The van der Waals surface area contributed by atoms with Crippen LogP contribution in [-0.4, -0.2) is 58.8 Å². The van der Waals surface area contributed by atoms with E-state index in [0.717, 1.165) is 28.1 Å². The summed E-state index contributed by atoms with van der Waals surface area (Å²) in [4.78, 5) is 32.7. The summed E-state index contributed by atoms with van der Waals surface area (Å²) < 4.78 is 0. The van der Waals surface area contributed by atoms with Crippen molar-refractivity contribution in [2.75, 3.05) is 27.2 Å². The highest BCUT2D eigenvalue weighted by molar-refractivity contribution is 6.46. The molecule has 1 aliphatic heterocycles. The summed E-state index contributed by atoms with van der Waals surface area (Å²) in [5, 5.41) is 11.2. The Morgan fingerprint density at radius 2 is 1.69 bits per heavy atom. The molecule has 1 aromatic carbocycles. The molecule has 154 valence electrons. The van der Waals surface area contributed by atoms with E-state index in [4.69, 9.17) is 0 Å². The molecule has 2 heterocycles. The van der Waals surface area contributed by atoms with Crippen molar-refractivity contribution < 1.29 is 14.7 Å². The van der Waals surface area contributed by atoms with E-state index in [9.17, 15) is 14.7 Å². The maximum Gasteiger partial charge on any atom is 0.295 e. The number of likely N-dealkylation sites (N-methyl/N-ethyl adjacent to an activating group) is 1. The molecule has 0 aliphatic carbocycles. The maximum atomic E-state index is 13.0. The van der Waals surface area contributed by atoms with Crippen LogP contribution in [0.4, 0.5) is 0 Å².